The Morgan fingerprint density at radius 1 is 0.848 bits per heavy atom. The standard InChI is InChI=1S/C29H29F3O/c1-3-5-19-6-8-21(9-7-19)24-15-16-25(29(32)28(24)31)22-12-10-20(11-13-22)23-14-17-27(33-4-2)26(30)18-23/h3,5-9,14-18,20,22H,4,10-13H2,1-2H3/b5-3+. The number of rotatable bonds is 6. The van der Waals surface area contributed by atoms with Gasteiger partial charge in [0.25, 0.3) is 0 Å². The van der Waals surface area contributed by atoms with Crippen LogP contribution in [0.3, 0.4) is 0 Å². The maximum atomic E-state index is 15.1. The molecule has 1 saturated carbocycles. The summed E-state index contributed by atoms with van der Waals surface area (Å²) in [6.07, 6.45) is 7.01. The van der Waals surface area contributed by atoms with Gasteiger partial charge in [-0.1, -0.05) is 54.6 Å². The van der Waals surface area contributed by atoms with E-state index in [0.717, 1.165) is 36.8 Å². The number of allylic oxidation sites excluding steroid dienone is 1. The van der Waals surface area contributed by atoms with E-state index in [4.69, 9.17) is 4.74 Å². The summed E-state index contributed by atoms with van der Waals surface area (Å²) >= 11 is 0. The van der Waals surface area contributed by atoms with Gasteiger partial charge < -0.3 is 4.74 Å². The third kappa shape index (κ3) is 5.00. The molecular formula is C29H29F3O. The average Bonchev–Trinajstić information content (AvgIpc) is 2.83. The van der Waals surface area contributed by atoms with Crippen LogP contribution in [0.5, 0.6) is 5.75 Å². The van der Waals surface area contributed by atoms with Crippen molar-refractivity contribution in [2.75, 3.05) is 6.61 Å². The van der Waals surface area contributed by atoms with Crippen molar-refractivity contribution in [2.45, 2.75) is 51.4 Å². The van der Waals surface area contributed by atoms with Gasteiger partial charge in [-0.2, -0.15) is 0 Å². The van der Waals surface area contributed by atoms with E-state index in [0.29, 0.717) is 17.7 Å². The van der Waals surface area contributed by atoms with Gasteiger partial charge in [0.05, 0.1) is 6.61 Å². The van der Waals surface area contributed by atoms with Crippen molar-refractivity contribution < 1.29 is 17.9 Å². The monoisotopic (exact) mass is 450 g/mol. The van der Waals surface area contributed by atoms with Crippen molar-refractivity contribution in [1.29, 1.82) is 0 Å². The van der Waals surface area contributed by atoms with Crippen LogP contribution in [0, 0.1) is 17.5 Å². The van der Waals surface area contributed by atoms with Crippen molar-refractivity contribution in [1.82, 2.24) is 0 Å². The molecule has 1 aliphatic rings. The Labute approximate surface area is 193 Å². The molecule has 3 aromatic rings. The zero-order valence-electron chi connectivity index (χ0n) is 19.1. The minimum absolute atomic E-state index is 0.0330. The van der Waals surface area contributed by atoms with Crippen LogP contribution in [0.4, 0.5) is 13.2 Å². The second-order valence-electron chi connectivity index (χ2n) is 8.62. The summed E-state index contributed by atoms with van der Waals surface area (Å²) < 4.78 is 49.6. The minimum Gasteiger partial charge on any atom is -0.491 e. The van der Waals surface area contributed by atoms with Crippen molar-refractivity contribution >= 4 is 6.08 Å². The van der Waals surface area contributed by atoms with E-state index in [9.17, 15) is 8.78 Å². The fraction of sp³-hybridized carbons (Fsp3) is 0.310. The Morgan fingerprint density at radius 3 is 2.18 bits per heavy atom. The first-order valence-corrected chi connectivity index (χ1v) is 11.6. The third-order valence-electron chi connectivity index (χ3n) is 6.59. The van der Waals surface area contributed by atoms with Gasteiger partial charge in [-0.15, -0.1) is 0 Å². The van der Waals surface area contributed by atoms with Crippen molar-refractivity contribution in [3.05, 3.63) is 94.8 Å². The molecule has 172 valence electrons. The topological polar surface area (TPSA) is 9.23 Å². The van der Waals surface area contributed by atoms with Gasteiger partial charge in [0.2, 0.25) is 0 Å². The quantitative estimate of drug-likeness (QED) is 0.365. The molecule has 0 heterocycles. The molecule has 0 aliphatic heterocycles. The largest absolute Gasteiger partial charge is 0.491 e. The summed E-state index contributed by atoms with van der Waals surface area (Å²) in [6.45, 7) is 4.18. The van der Waals surface area contributed by atoms with Gasteiger partial charge in [-0.3, -0.25) is 0 Å². The first kappa shape index (κ1) is 23.2. The molecule has 1 aliphatic carbocycles. The first-order valence-electron chi connectivity index (χ1n) is 11.6. The highest BCUT2D eigenvalue weighted by Gasteiger charge is 2.27. The molecule has 1 fully saturated rings. The van der Waals surface area contributed by atoms with Gasteiger partial charge in [-0.25, -0.2) is 13.2 Å². The van der Waals surface area contributed by atoms with E-state index in [1.807, 2.05) is 56.3 Å². The summed E-state index contributed by atoms with van der Waals surface area (Å²) in [5, 5.41) is 0. The van der Waals surface area contributed by atoms with E-state index in [-0.39, 0.29) is 29.0 Å². The molecular weight excluding hydrogens is 421 g/mol. The Hall–Kier alpha value is -3.01. The summed E-state index contributed by atoms with van der Waals surface area (Å²) in [5.41, 5.74) is 3.34. The number of hydrogen-bond donors (Lipinski definition) is 0. The molecule has 33 heavy (non-hydrogen) atoms. The second-order valence-corrected chi connectivity index (χ2v) is 8.62. The van der Waals surface area contributed by atoms with E-state index in [1.54, 1.807) is 24.3 Å². The molecule has 4 heteroatoms. The number of hydrogen-bond acceptors (Lipinski definition) is 1. The summed E-state index contributed by atoms with van der Waals surface area (Å²) in [7, 11) is 0. The highest BCUT2D eigenvalue weighted by molar-refractivity contribution is 5.67. The van der Waals surface area contributed by atoms with Crippen LogP contribution < -0.4 is 4.74 Å². The lowest BCUT2D eigenvalue weighted by molar-refractivity contribution is 0.320. The molecule has 0 unspecified atom stereocenters. The first-order chi connectivity index (χ1) is 16.0. The third-order valence-corrected chi connectivity index (χ3v) is 6.59. The average molecular weight is 451 g/mol. The maximum absolute atomic E-state index is 15.1. The molecule has 0 amide bonds. The van der Waals surface area contributed by atoms with Gasteiger partial charge in [0, 0.05) is 5.56 Å². The number of halogens is 3. The van der Waals surface area contributed by atoms with Gasteiger partial charge in [0.1, 0.15) is 0 Å². The van der Waals surface area contributed by atoms with Crippen LogP contribution >= 0.6 is 0 Å². The molecule has 4 rings (SSSR count). The smallest absolute Gasteiger partial charge is 0.166 e. The zero-order valence-corrected chi connectivity index (χ0v) is 19.1. The van der Waals surface area contributed by atoms with Gasteiger partial charge >= 0.3 is 0 Å². The molecule has 0 bridgehead atoms. The molecule has 0 aromatic heterocycles. The van der Waals surface area contributed by atoms with Crippen LogP contribution in [-0.4, -0.2) is 6.61 Å². The molecule has 0 radical (unpaired) electrons. The Balaban J connectivity index is 1.47. The van der Waals surface area contributed by atoms with Crippen LogP contribution in [-0.2, 0) is 0 Å². The predicted molar refractivity (Wildman–Crippen MR) is 128 cm³/mol. The second kappa shape index (κ2) is 10.3. The lowest BCUT2D eigenvalue weighted by Gasteiger charge is -2.29. The van der Waals surface area contributed by atoms with Crippen LogP contribution in [0.1, 0.15) is 68.1 Å². The van der Waals surface area contributed by atoms with Crippen LogP contribution in [0.2, 0.25) is 0 Å². The SMILES string of the molecule is C/C=C/c1ccc(-c2ccc(C3CCC(c4ccc(OCC)c(F)c4)CC3)c(F)c2F)cc1. The van der Waals surface area contributed by atoms with Gasteiger partial charge in [0.15, 0.2) is 23.2 Å². The molecule has 3 aromatic carbocycles. The van der Waals surface area contributed by atoms with E-state index in [1.165, 1.54) is 0 Å². The zero-order chi connectivity index (χ0) is 23.4. The minimum atomic E-state index is -0.790. The van der Waals surface area contributed by atoms with Crippen molar-refractivity contribution in [3.8, 4) is 16.9 Å². The van der Waals surface area contributed by atoms with Crippen LogP contribution in [0.15, 0.2) is 60.7 Å². The van der Waals surface area contributed by atoms with Crippen molar-refractivity contribution in [3.63, 3.8) is 0 Å². The lowest BCUT2D eigenvalue weighted by atomic mass is 9.76. The predicted octanol–water partition coefficient (Wildman–Crippen LogP) is 8.64. The highest BCUT2D eigenvalue weighted by atomic mass is 19.2. The van der Waals surface area contributed by atoms with E-state index < -0.39 is 11.6 Å². The fourth-order valence-corrected chi connectivity index (χ4v) is 4.85. The molecule has 0 saturated heterocycles. The number of ether oxygens (including phenoxy) is 1. The van der Waals surface area contributed by atoms with E-state index in [2.05, 4.69) is 0 Å². The van der Waals surface area contributed by atoms with Crippen LogP contribution in [0.25, 0.3) is 17.2 Å². The fourth-order valence-electron chi connectivity index (χ4n) is 4.85. The Kier molecular flexibility index (Phi) is 7.22. The normalized spacial score (nSPS) is 18.6. The maximum Gasteiger partial charge on any atom is 0.166 e. The Bertz CT molecular complexity index is 1130. The number of benzene rings is 3. The van der Waals surface area contributed by atoms with E-state index >= 15 is 4.39 Å². The summed E-state index contributed by atoms with van der Waals surface area (Å²) in [6, 6.07) is 16.0. The van der Waals surface area contributed by atoms with Gasteiger partial charge in [-0.05, 0) is 85.8 Å². The highest BCUT2D eigenvalue weighted by Crippen LogP contribution is 2.42. The molecule has 0 spiro atoms. The molecule has 0 N–H and O–H groups in total. The lowest BCUT2D eigenvalue weighted by Crippen LogP contribution is -2.14. The van der Waals surface area contributed by atoms with Crippen molar-refractivity contribution in [2.24, 2.45) is 0 Å². The molecule has 0 atom stereocenters. The summed E-state index contributed by atoms with van der Waals surface area (Å²) in [5.74, 6) is -1.44. The summed E-state index contributed by atoms with van der Waals surface area (Å²) in [4.78, 5) is 0. The Morgan fingerprint density at radius 2 is 1.55 bits per heavy atom. The molecule has 1 nitrogen and oxygen atoms in total.